The van der Waals surface area contributed by atoms with Gasteiger partial charge in [-0.15, -0.1) is 0 Å². The second kappa shape index (κ2) is 12.6. The second-order valence-corrected chi connectivity index (χ2v) is 10.8. The van der Waals surface area contributed by atoms with E-state index in [1.54, 1.807) is 0 Å². The number of nitrogens with one attached hydrogen (secondary N) is 1. The van der Waals surface area contributed by atoms with Gasteiger partial charge in [-0.25, -0.2) is 8.78 Å². The van der Waals surface area contributed by atoms with Crippen LogP contribution in [-0.2, 0) is 27.4 Å². The number of carbonyl (C=O) groups excluding carboxylic acids is 1. The maximum Gasteiger partial charge on any atom is 0.222 e. The minimum Gasteiger partial charge on any atom is -0.389 e. The van der Waals surface area contributed by atoms with E-state index in [-0.39, 0.29) is 68.5 Å². The number of hydrogen-bond donors (Lipinski definition) is 2. The molecule has 1 amide bonds. The number of aliphatic hydroxyl groups excluding tert-OH is 1. The quantitative estimate of drug-likeness (QED) is 0.575. The molecule has 2 N–H and O–H groups in total. The second-order valence-electron chi connectivity index (χ2n) is 10.8. The highest BCUT2D eigenvalue weighted by atomic mass is 19.1. The summed E-state index contributed by atoms with van der Waals surface area (Å²) in [4.78, 5) is 17.2. The van der Waals surface area contributed by atoms with Gasteiger partial charge >= 0.3 is 0 Å². The molecular formula is C29H37F2N3O4. The number of hydrogen-bond acceptors (Lipinski definition) is 6. The first-order chi connectivity index (χ1) is 18.4. The van der Waals surface area contributed by atoms with Crippen LogP contribution in [0.3, 0.4) is 0 Å². The minimum atomic E-state index is -0.732. The Hall–Kier alpha value is -2.43. The highest BCUT2D eigenvalue weighted by Gasteiger charge is 2.38. The predicted octanol–water partition coefficient (Wildman–Crippen LogP) is 2.85. The maximum absolute atomic E-state index is 14.4. The molecule has 5 rings (SSSR count). The Morgan fingerprint density at radius 3 is 2.71 bits per heavy atom. The van der Waals surface area contributed by atoms with Gasteiger partial charge in [0.05, 0.1) is 37.9 Å². The summed E-state index contributed by atoms with van der Waals surface area (Å²) >= 11 is 0. The van der Waals surface area contributed by atoms with Crippen molar-refractivity contribution in [3.8, 4) is 0 Å². The molecule has 2 aromatic carbocycles. The van der Waals surface area contributed by atoms with Crippen molar-refractivity contribution in [3.05, 3.63) is 71.3 Å². The summed E-state index contributed by atoms with van der Waals surface area (Å²) in [5.41, 5.74) is 1.52. The fourth-order valence-corrected chi connectivity index (χ4v) is 5.94. The summed E-state index contributed by atoms with van der Waals surface area (Å²) in [5, 5.41) is 13.5. The van der Waals surface area contributed by atoms with Crippen LogP contribution < -0.4 is 5.32 Å². The van der Waals surface area contributed by atoms with Crippen molar-refractivity contribution in [1.82, 2.24) is 15.1 Å². The average Bonchev–Trinajstić information content (AvgIpc) is 3.32. The van der Waals surface area contributed by atoms with E-state index in [0.29, 0.717) is 12.8 Å². The number of nitrogens with zero attached hydrogens (tertiary/aromatic N) is 2. The molecule has 206 valence electrons. The van der Waals surface area contributed by atoms with E-state index in [9.17, 15) is 18.7 Å². The van der Waals surface area contributed by atoms with E-state index in [4.69, 9.17) is 9.47 Å². The van der Waals surface area contributed by atoms with Crippen molar-refractivity contribution in [2.75, 3.05) is 32.8 Å². The van der Waals surface area contributed by atoms with E-state index in [1.807, 2.05) is 23.1 Å². The molecule has 0 saturated carbocycles. The number of likely N-dealkylation sites (tertiary alicyclic amines) is 1. The van der Waals surface area contributed by atoms with Crippen LogP contribution in [0.2, 0.25) is 0 Å². The molecule has 3 aliphatic heterocycles. The monoisotopic (exact) mass is 529 g/mol. The summed E-state index contributed by atoms with van der Waals surface area (Å²) in [6, 6.07) is 13.8. The Kier molecular flexibility index (Phi) is 9.01. The van der Waals surface area contributed by atoms with Crippen molar-refractivity contribution in [2.45, 2.75) is 69.2 Å². The predicted molar refractivity (Wildman–Crippen MR) is 138 cm³/mol. The van der Waals surface area contributed by atoms with Crippen molar-refractivity contribution in [1.29, 1.82) is 0 Å². The van der Waals surface area contributed by atoms with Crippen LogP contribution in [0.15, 0.2) is 48.5 Å². The number of ether oxygens (including phenoxy) is 2. The topological polar surface area (TPSA) is 74.3 Å². The number of amides is 1. The van der Waals surface area contributed by atoms with E-state index >= 15 is 0 Å². The summed E-state index contributed by atoms with van der Waals surface area (Å²) in [5.74, 6) is -0.984. The normalized spacial score (nSPS) is 28.9. The first kappa shape index (κ1) is 27.1. The van der Waals surface area contributed by atoms with Gasteiger partial charge in [0.2, 0.25) is 5.91 Å². The zero-order chi connectivity index (χ0) is 26.5. The number of aliphatic hydroxyl groups is 1. The first-order valence-electron chi connectivity index (χ1n) is 13.6. The van der Waals surface area contributed by atoms with E-state index < -0.39 is 17.7 Å². The van der Waals surface area contributed by atoms with E-state index in [0.717, 1.165) is 38.2 Å². The van der Waals surface area contributed by atoms with Gasteiger partial charge in [0.25, 0.3) is 0 Å². The zero-order valence-corrected chi connectivity index (χ0v) is 21.6. The van der Waals surface area contributed by atoms with E-state index in [2.05, 4.69) is 22.3 Å². The average molecular weight is 530 g/mol. The SMILES string of the molecule is O=C(C[C@H]1CC[C@H]2[C@@H](COC[C@H](O)CN2Cc2cc(F)ccc2F)O1)N[C@H]1CCN(Cc2ccccc2)C1. The van der Waals surface area contributed by atoms with Gasteiger partial charge < -0.3 is 19.9 Å². The van der Waals surface area contributed by atoms with Crippen LogP contribution in [0.5, 0.6) is 0 Å². The molecule has 2 aromatic rings. The molecular weight excluding hydrogens is 492 g/mol. The lowest BCUT2D eigenvalue weighted by Crippen LogP contribution is -2.55. The fourth-order valence-electron chi connectivity index (χ4n) is 5.94. The van der Waals surface area contributed by atoms with Gasteiger partial charge in [-0.3, -0.25) is 14.6 Å². The molecule has 5 atom stereocenters. The maximum atomic E-state index is 14.4. The molecule has 0 radical (unpaired) electrons. The van der Waals surface area contributed by atoms with Crippen molar-refractivity contribution < 1.29 is 28.2 Å². The number of β-amino-alcohol motifs (C(OH)–C–C–N with tert-alkyl or cyclic N) is 1. The molecule has 7 nitrogen and oxygen atoms in total. The molecule has 0 unspecified atom stereocenters. The highest BCUT2D eigenvalue weighted by Crippen LogP contribution is 2.29. The summed E-state index contributed by atoms with van der Waals surface area (Å²) in [6.45, 7) is 3.52. The van der Waals surface area contributed by atoms with Crippen LogP contribution in [0.1, 0.15) is 36.8 Å². The van der Waals surface area contributed by atoms with Crippen molar-refractivity contribution in [2.24, 2.45) is 0 Å². The fraction of sp³-hybridized carbons (Fsp3) is 0.552. The van der Waals surface area contributed by atoms with Crippen LogP contribution >= 0.6 is 0 Å². The Bertz CT molecular complexity index is 1080. The minimum absolute atomic E-state index is 0.0131. The summed E-state index contributed by atoms with van der Waals surface area (Å²) in [7, 11) is 0. The number of fused-ring (bicyclic) bond motifs is 1. The Labute approximate surface area is 222 Å². The lowest BCUT2D eigenvalue weighted by molar-refractivity contribution is -0.158. The van der Waals surface area contributed by atoms with Gasteiger partial charge in [-0.1, -0.05) is 30.3 Å². The van der Waals surface area contributed by atoms with Gasteiger partial charge in [0.1, 0.15) is 11.6 Å². The molecule has 0 aliphatic carbocycles. The number of halogens is 2. The third-order valence-electron chi connectivity index (χ3n) is 7.77. The Balaban J connectivity index is 1.14. The van der Waals surface area contributed by atoms with E-state index in [1.165, 1.54) is 11.6 Å². The van der Waals surface area contributed by atoms with Crippen molar-refractivity contribution >= 4 is 5.91 Å². The largest absolute Gasteiger partial charge is 0.389 e. The van der Waals surface area contributed by atoms with Crippen molar-refractivity contribution in [3.63, 3.8) is 0 Å². The molecule has 3 aliphatic rings. The van der Waals surface area contributed by atoms with Gasteiger partial charge in [0, 0.05) is 50.4 Å². The smallest absolute Gasteiger partial charge is 0.222 e. The molecule has 38 heavy (non-hydrogen) atoms. The zero-order valence-electron chi connectivity index (χ0n) is 21.6. The number of rotatable bonds is 7. The molecule has 3 saturated heterocycles. The lowest BCUT2D eigenvalue weighted by Gasteiger charge is -2.44. The molecule has 3 heterocycles. The molecule has 0 aromatic heterocycles. The lowest BCUT2D eigenvalue weighted by atomic mass is 9.94. The van der Waals surface area contributed by atoms with Crippen LogP contribution in [0.25, 0.3) is 0 Å². The Morgan fingerprint density at radius 2 is 1.87 bits per heavy atom. The summed E-state index contributed by atoms with van der Waals surface area (Å²) in [6.07, 6.45) is 1.29. The molecule has 0 bridgehead atoms. The standard InChI is InChI=1S/C29H37F2N3O4/c30-22-6-8-26(31)21(12-22)15-34-17-24(35)18-37-19-28-27(34)9-7-25(38-28)13-29(36)32-23-10-11-33(16-23)14-20-4-2-1-3-5-20/h1-6,8,12,23-25,27-28,35H,7,9-11,13-19H2,(H,32,36)/t23-,24+,25+,27-,28+/m0/s1. The summed E-state index contributed by atoms with van der Waals surface area (Å²) < 4.78 is 40.2. The first-order valence-corrected chi connectivity index (χ1v) is 13.6. The highest BCUT2D eigenvalue weighted by molar-refractivity contribution is 5.76. The van der Waals surface area contributed by atoms with Gasteiger partial charge in [0.15, 0.2) is 0 Å². The third-order valence-corrected chi connectivity index (χ3v) is 7.77. The van der Waals surface area contributed by atoms with Gasteiger partial charge in [-0.2, -0.15) is 0 Å². The number of carbonyl (C=O) groups is 1. The van der Waals surface area contributed by atoms with Gasteiger partial charge in [-0.05, 0) is 43.0 Å². The number of benzene rings is 2. The van der Waals surface area contributed by atoms with Crippen LogP contribution in [0, 0.1) is 11.6 Å². The van der Waals surface area contributed by atoms with Crippen LogP contribution in [-0.4, -0.2) is 84.1 Å². The van der Waals surface area contributed by atoms with Crippen LogP contribution in [0.4, 0.5) is 8.78 Å². The Morgan fingerprint density at radius 1 is 1.03 bits per heavy atom. The molecule has 0 spiro atoms. The molecule has 3 fully saturated rings. The third kappa shape index (κ3) is 7.15. The molecule has 9 heteroatoms.